The van der Waals surface area contributed by atoms with Crippen molar-refractivity contribution in [3.63, 3.8) is 0 Å². The largest absolute Gasteiger partial charge is 0.481 e. The Hall–Kier alpha value is -2.21. The van der Waals surface area contributed by atoms with Crippen molar-refractivity contribution < 1.29 is 19.5 Å². The molecule has 19 heavy (non-hydrogen) atoms. The number of hydrogen-bond donors (Lipinski definition) is 1. The molecule has 0 spiro atoms. The summed E-state index contributed by atoms with van der Waals surface area (Å²) in [6.45, 7) is 0.918. The maximum Gasteiger partial charge on any atom is 0.309 e. The maximum atomic E-state index is 12.1. The normalized spacial score (nSPS) is 19.5. The first-order chi connectivity index (χ1) is 9.08. The van der Waals surface area contributed by atoms with Gasteiger partial charge in [0.2, 0.25) is 0 Å². The van der Waals surface area contributed by atoms with E-state index in [-0.39, 0.29) is 18.5 Å². The molecule has 1 aromatic carbocycles. The highest BCUT2D eigenvalue weighted by Gasteiger charge is 2.40. The Morgan fingerprint density at radius 2 is 1.68 bits per heavy atom. The second kappa shape index (κ2) is 4.17. The number of benzene rings is 1. The number of hydrogen-bond acceptors (Lipinski definition) is 4. The van der Waals surface area contributed by atoms with Crippen molar-refractivity contribution in [3.8, 4) is 0 Å². The molecule has 2 heterocycles. The number of likely N-dealkylation sites (tertiary alicyclic amines) is 1. The van der Waals surface area contributed by atoms with Crippen molar-refractivity contribution in [1.29, 1.82) is 0 Å². The number of aliphatic carboxylic acids is 1. The van der Waals surface area contributed by atoms with Crippen molar-refractivity contribution in [1.82, 2.24) is 9.80 Å². The number of rotatable bonds is 3. The number of imide groups is 1. The minimum Gasteiger partial charge on any atom is -0.481 e. The van der Waals surface area contributed by atoms with Gasteiger partial charge in [0, 0.05) is 13.1 Å². The van der Waals surface area contributed by atoms with Crippen LogP contribution in [0.4, 0.5) is 0 Å². The van der Waals surface area contributed by atoms with Crippen molar-refractivity contribution in [2.75, 3.05) is 19.8 Å². The van der Waals surface area contributed by atoms with Gasteiger partial charge in [-0.25, -0.2) is 0 Å². The summed E-state index contributed by atoms with van der Waals surface area (Å²) >= 11 is 0. The van der Waals surface area contributed by atoms with Gasteiger partial charge in [0.15, 0.2) is 0 Å². The Morgan fingerprint density at radius 3 is 2.16 bits per heavy atom. The van der Waals surface area contributed by atoms with Gasteiger partial charge in [0.1, 0.15) is 0 Å². The van der Waals surface area contributed by atoms with Gasteiger partial charge in [-0.1, -0.05) is 12.1 Å². The molecule has 2 aliphatic heterocycles. The fourth-order valence-electron chi connectivity index (χ4n) is 2.41. The van der Waals surface area contributed by atoms with Crippen LogP contribution < -0.4 is 0 Å². The number of carboxylic acid groups (broad SMARTS) is 1. The van der Waals surface area contributed by atoms with Gasteiger partial charge in [-0.2, -0.15) is 0 Å². The number of carbonyl (C=O) groups excluding carboxylic acids is 2. The zero-order chi connectivity index (χ0) is 13.6. The summed E-state index contributed by atoms with van der Waals surface area (Å²) in [7, 11) is 0. The minimum absolute atomic E-state index is 0.163. The lowest BCUT2D eigenvalue weighted by Gasteiger charge is -2.38. The van der Waals surface area contributed by atoms with Gasteiger partial charge in [0.25, 0.3) is 11.8 Å². The number of carboxylic acids is 1. The monoisotopic (exact) mass is 260 g/mol. The summed E-state index contributed by atoms with van der Waals surface area (Å²) in [6.07, 6.45) is 0. The number of nitrogens with zero attached hydrogens (tertiary/aromatic N) is 2. The Morgan fingerprint density at radius 1 is 1.16 bits per heavy atom. The van der Waals surface area contributed by atoms with Gasteiger partial charge >= 0.3 is 5.97 Å². The van der Waals surface area contributed by atoms with Gasteiger partial charge < -0.3 is 5.11 Å². The second-order valence-electron chi connectivity index (χ2n) is 4.80. The second-order valence-corrected chi connectivity index (χ2v) is 4.80. The third-order valence-corrected chi connectivity index (χ3v) is 3.53. The van der Waals surface area contributed by atoms with E-state index >= 15 is 0 Å². The lowest BCUT2D eigenvalue weighted by molar-refractivity contribution is -0.148. The average molecular weight is 260 g/mol. The maximum absolute atomic E-state index is 12.1. The highest BCUT2D eigenvalue weighted by molar-refractivity contribution is 6.21. The third-order valence-electron chi connectivity index (χ3n) is 3.53. The molecule has 0 unspecified atom stereocenters. The summed E-state index contributed by atoms with van der Waals surface area (Å²) in [5, 5.41) is 8.78. The molecule has 6 nitrogen and oxygen atoms in total. The molecule has 98 valence electrons. The summed E-state index contributed by atoms with van der Waals surface area (Å²) < 4.78 is 0. The van der Waals surface area contributed by atoms with E-state index in [1.807, 2.05) is 0 Å². The van der Waals surface area contributed by atoms with Crippen LogP contribution in [-0.2, 0) is 4.79 Å². The van der Waals surface area contributed by atoms with E-state index in [1.54, 1.807) is 29.2 Å². The number of fused-ring (bicyclic) bond motifs is 1. The molecule has 2 aliphatic rings. The van der Waals surface area contributed by atoms with Gasteiger partial charge in [-0.15, -0.1) is 0 Å². The molecule has 2 amide bonds. The molecule has 1 aromatic rings. The molecular formula is C13H12N2O4. The predicted molar refractivity (Wildman–Crippen MR) is 64.5 cm³/mol. The van der Waals surface area contributed by atoms with Crippen molar-refractivity contribution >= 4 is 17.8 Å². The molecule has 1 fully saturated rings. The fraction of sp³-hybridized carbons (Fsp3) is 0.308. The molecule has 0 atom stereocenters. The van der Waals surface area contributed by atoms with E-state index in [9.17, 15) is 14.4 Å². The Bertz CT molecular complexity index is 543. The predicted octanol–water partition coefficient (Wildman–Crippen LogP) is 0.256. The Labute approximate surface area is 109 Å². The summed E-state index contributed by atoms with van der Waals surface area (Å²) in [6, 6.07) is 6.70. The number of carbonyl (C=O) groups is 3. The standard InChI is InChI=1S/C13H12N2O4/c16-11-9-3-1-2-4-10(9)12(17)15(11)7-14-5-8(6-14)13(18)19/h1-4,8H,5-7H2,(H,18,19). The van der Waals surface area contributed by atoms with Gasteiger partial charge in [-0.05, 0) is 12.1 Å². The van der Waals surface area contributed by atoms with Crippen LogP contribution in [0.25, 0.3) is 0 Å². The van der Waals surface area contributed by atoms with Crippen LogP contribution in [0, 0.1) is 5.92 Å². The first-order valence-corrected chi connectivity index (χ1v) is 5.98. The van der Waals surface area contributed by atoms with E-state index in [0.29, 0.717) is 24.2 Å². The molecular weight excluding hydrogens is 248 g/mol. The zero-order valence-corrected chi connectivity index (χ0v) is 10.1. The van der Waals surface area contributed by atoms with Crippen LogP contribution in [0.2, 0.25) is 0 Å². The Kier molecular flexibility index (Phi) is 2.60. The first kappa shape index (κ1) is 11.9. The molecule has 1 N–H and O–H groups in total. The van der Waals surface area contributed by atoms with E-state index in [2.05, 4.69) is 0 Å². The van der Waals surface area contributed by atoms with E-state index in [1.165, 1.54) is 4.90 Å². The topological polar surface area (TPSA) is 77.9 Å². The molecule has 0 bridgehead atoms. The molecule has 6 heteroatoms. The van der Waals surface area contributed by atoms with Crippen molar-refractivity contribution in [2.24, 2.45) is 5.92 Å². The fourth-order valence-corrected chi connectivity index (χ4v) is 2.41. The van der Waals surface area contributed by atoms with Crippen LogP contribution >= 0.6 is 0 Å². The third kappa shape index (κ3) is 1.80. The van der Waals surface area contributed by atoms with Crippen LogP contribution in [0.1, 0.15) is 20.7 Å². The molecule has 0 aliphatic carbocycles. The summed E-state index contributed by atoms with van der Waals surface area (Å²) in [5.41, 5.74) is 0.839. The first-order valence-electron chi connectivity index (χ1n) is 5.98. The average Bonchev–Trinajstić information content (AvgIpc) is 2.57. The Balaban J connectivity index is 1.70. The molecule has 0 aromatic heterocycles. The van der Waals surface area contributed by atoms with Gasteiger partial charge in [-0.3, -0.25) is 24.2 Å². The highest BCUT2D eigenvalue weighted by Crippen LogP contribution is 2.24. The highest BCUT2D eigenvalue weighted by atomic mass is 16.4. The quantitative estimate of drug-likeness (QED) is 0.788. The van der Waals surface area contributed by atoms with E-state index in [0.717, 1.165) is 0 Å². The number of amides is 2. The van der Waals surface area contributed by atoms with E-state index < -0.39 is 11.9 Å². The summed E-state index contributed by atoms with van der Waals surface area (Å²) in [4.78, 5) is 37.8. The minimum atomic E-state index is -0.835. The van der Waals surface area contributed by atoms with Crippen LogP contribution in [0.5, 0.6) is 0 Å². The lowest BCUT2D eigenvalue weighted by Crippen LogP contribution is -2.55. The van der Waals surface area contributed by atoms with Crippen molar-refractivity contribution in [2.45, 2.75) is 0 Å². The van der Waals surface area contributed by atoms with Crippen LogP contribution in [0.3, 0.4) is 0 Å². The molecule has 0 saturated carbocycles. The SMILES string of the molecule is O=C(O)C1CN(CN2C(=O)c3ccccc3C2=O)C1. The smallest absolute Gasteiger partial charge is 0.309 e. The van der Waals surface area contributed by atoms with Crippen molar-refractivity contribution in [3.05, 3.63) is 35.4 Å². The lowest BCUT2D eigenvalue weighted by atomic mass is 10.0. The molecule has 3 rings (SSSR count). The van der Waals surface area contributed by atoms with Crippen LogP contribution in [-0.4, -0.2) is 52.4 Å². The van der Waals surface area contributed by atoms with E-state index in [4.69, 9.17) is 5.11 Å². The van der Waals surface area contributed by atoms with Crippen LogP contribution in [0.15, 0.2) is 24.3 Å². The summed E-state index contributed by atoms with van der Waals surface area (Å²) in [5.74, 6) is -1.84. The molecule has 0 radical (unpaired) electrons. The van der Waals surface area contributed by atoms with Gasteiger partial charge in [0.05, 0.1) is 23.7 Å². The zero-order valence-electron chi connectivity index (χ0n) is 10.1. The molecule has 1 saturated heterocycles.